The van der Waals surface area contributed by atoms with E-state index in [4.69, 9.17) is 9.63 Å². The molecule has 0 radical (unpaired) electrons. The number of nitrogens with zero attached hydrogens (tertiary/aromatic N) is 3. The molecule has 8 nitrogen and oxygen atoms in total. The predicted molar refractivity (Wildman–Crippen MR) is 153 cm³/mol. The zero-order valence-electron chi connectivity index (χ0n) is 22.8. The second kappa shape index (κ2) is 10.8. The molecule has 8 heteroatoms. The van der Waals surface area contributed by atoms with E-state index in [0.717, 1.165) is 33.7 Å². The van der Waals surface area contributed by atoms with E-state index in [9.17, 15) is 14.4 Å². The highest BCUT2D eigenvalue weighted by Gasteiger charge is 2.34. The van der Waals surface area contributed by atoms with E-state index in [1.54, 1.807) is 21.7 Å². The Morgan fingerprint density at radius 2 is 1.77 bits per heavy atom. The van der Waals surface area contributed by atoms with Crippen LogP contribution in [-0.4, -0.2) is 50.6 Å². The summed E-state index contributed by atoms with van der Waals surface area (Å²) in [6.07, 6.45) is 6.89. The van der Waals surface area contributed by atoms with Crippen molar-refractivity contribution in [3.05, 3.63) is 94.9 Å². The summed E-state index contributed by atoms with van der Waals surface area (Å²) in [5.41, 5.74) is 6.24. The van der Waals surface area contributed by atoms with Crippen LogP contribution in [0.2, 0.25) is 0 Å². The van der Waals surface area contributed by atoms with Crippen molar-refractivity contribution < 1.29 is 24.0 Å². The predicted octanol–water partition coefficient (Wildman–Crippen LogP) is 5.90. The molecule has 0 spiro atoms. The van der Waals surface area contributed by atoms with Gasteiger partial charge in [-0.15, -0.1) is 0 Å². The SMILES string of the molecule is C=CC(=O)N1CCC(c2onc(-c3c(C)cc(C)cc3C)c2C(=O)n2ccc3c(/C=C/C(=O)O)cccc32)CC1. The number of carboxylic acid groups (broad SMARTS) is 1. The van der Waals surface area contributed by atoms with Crippen LogP contribution in [0.25, 0.3) is 28.2 Å². The minimum atomic E-state index is -1.05. The largest absolute Gasteiger partial charge is 0.478 e. The van der Waals surface area contributed by atoms with Gasteiger partial charge in [0.25, 0.3) is 5.91 Å². The average molecular weight is 538 g/mol. The number of amides is 1. The minimum absolute atomic E-state index is 0.0870. The summed E-state index contributed by atoms with van der Waals surface area (Å²) in [5, 5.41) is 14.3. The molecule has 1 fully saturated rings. The molecule has 1 aliphatic heterocycles. The second-order valence-electron chi connectivity index (χ2n) is 10.3. The number of carbonyl (C=O) groups is 3. The number of fused-ring (bicyclic) bond motifs is 1. The fourth-order valence-corrected chi connectivity index (χ4v) is 5.80. The molecule has 2 aromatic carbocycles. The molecule has 1 N–H and O–H groups in total. The van der Waals surface area contributed by atoms with Gasteiger partial charge in [-0.2, -0.15) is 0 Å². The first-order chi connectivity index (χ1) is 19.2. The summed E-state index contributed by atoms with van der Waals surface area (Å²) in [5.74, 6) is -0.990. The van der Waals surface area contributed by atoms with Gasteiger partial charge < -0.3 is 14.5 Å². The molecule has 4 aromatic rings. The number of likely N-dealkylation sites (tertiary alicyclic amines) is 1. The topological polar surface area (TPSA) is 106 Å². The standard InChI is InChI=1S/C32H31N3O5/c1-5-26(36)34-14-11-23(12-15-34)31-29(30(33-40-31)28-20(3)17-19(2)18-21(28)4)32(39)35-16-13-24-22(9-10-27(37)38)7-6-8-25(24)35/h5-10,13,16-18,23H,1,11-12,14-15H2,2-4H3,(H,37,38)/b10-9+. The Bertz CT molecular complexity index is 1660. The van der Waals surface area contributed by atoms with Crippen LogP contribution in [0.15, 0.2) is 65.8 Å². The molecular weight excluding hydrogens is 506 g/mol. The highest BCUT2D eigenvalue weighted by molar-refractivity contribution is 6.08. The summed E-state index contributed by atoms with van der Waals surface area (Å²) in [6, 6.07) is 11.4. The number of piperidine rings is 1. The van der Waals surface area contributed by atoms with E-state index in [-0.39, 0.29) is 17.7 Å². The summed E-state index contributed by atoms with van der Waals surface area (Å²) in [6.45, 7) is 10.7. The van der Waals surface area contributed by atoms with Gasteiger partial charge in [-0.3, -0.25) is 14.2 Å². The maximum absolute atomic E-state index is 14.4. The molecule has 204 valence electrons. The molecular formula is C32H31N3O5. The molecule has 0 atom stereocenters. The average Bonchev–Trinajstić information content (AvgIpc) is 3.56. The molecule has 0 unspecified atom stereocenters. The summed E-state index contributed by atoms with van der Waals surface area (Å²) in [7, 11) is 0. The Morgan fingerprint density at radius 3 is 2.42 bits per heavy atom. The molecule has 5 rings (SSSR count). The molecule has 2 aromatic heterocycles. The monoisotopic (exact) mass is 537 g/mol. The van der Waals surface area contributed by atoms with E-state index < -0.39 is 5.97 Å². The van der Waals surface area contributed by atoms with Gasteiger partial charge in [0.2, 0.25) is 5.91 Å². The number of rotatable bonds is 6. The number of aliphatic carboxylic acids is 1. The summed E-state index contributed by atoms with van der Waals surface area (Å²) >= 11 is 0. The number of aromatic nitrogens is 2. The van der Waals surface area contributed by atoms with Crippen LogP contribution >= 0.6 is 0 Å². The number of benzene rings is 2. The van der Waals surface area contributed by atoms with Gasteiger partial charge in [-0.1, -0.05) is 41.6 Å². The van der Waals surface area contributed by atoms with E-state index in [2.05, 4.69) is 23.9 Å². The Hall–Kier alpha value is -4.72. The Kier molecular flexibility index (Phi) is 7.26. The van der Waals surface area contributed by atoms with E-state index in [1.807, 2.05) is 39.0 Å². The lowest BCUT2D eigenvalue weighted by Gasteiger charge is -2.30. The van der Waals surface area contributed by atoms with Gasteiger partial charge in [0.1, 0.15) is 11.3 Å². The number of aryl methyl sites for hydroxylation is 3. The number of carbonyl (C=O) groups excluding carboxylic acids is 2. The van der Waals surface area contributed by atoms with Crippen LogP contribution < -0.4 is 0 Å². The van der Waals surface area contributed by atoms with Crippen molar-refractivity contribution in [2.75, 3.05) is 13.1 Å². The Morgan fingerprint density at radius 1 is 1.07 bits per heavy atom. The van der Waals surface area contributed by atoms with Crippen LogP contribution in [-0.2, 0) is 9.59 Å². The first-order valence-electron chi connectivity index (χ1n) is 13.2. The van der Waals surface area contributed by atoms with E-state index >= 15 is 0 Å². The van der Waals surface area contributed by atoms with Crippen molar-refractivity contribution in [1.82, 2.24) is 14.6 Å². The smallest absolute Gasteiger partial charge is 0.328 e. The molecule has 1 aliphatic rings. The number of carboxylic acids is 1. The van der Waals surface area contributed by atoms with Gasteiger partial charge in [-0.05, 0) is 74.6 Å². The van der Waals surface area contributed by atoms with E-state index in [1.165, 1.54) is 12.2 Å². The lowest BCUT2D eigenvalue weighted by molar-refractivity contribution is -0.131. The molecule has 1 amide bonds. The number of hydrogen-bond acceptors (Lipinski definition) is 5. The zero-order valence-corrected chi connectivity index (χ0v) is 22.8. The normalized spacial score (nSPS) is 14.2. The third-order valence-electron chi connectivity index (χ3n) is 7.59. The van der Waals surface area contributed by atoms with Crippen LogP contribution in [0.1, 0.15) is 57.1 Å². The first kappa shape index (κ1) is 26.9. The van der Waals surface area contributed by atoms with Crippen molar-refractivity contribution in [3.63, 3.8) is 0 Å². The lowest BCUT2D eigenvalue weighted by Crippen LogP contribution is -2.37. The van der Waals surface area contributed by atoms with Crippen LogP contribution in [0.5, 0.6) is 0 Å². The maximum atomic E-state index is 14.4. The molecule has 40 heavy (non-hydrogen) atoms. The summed E-state index contributed by atoms with van der Waals surface area (Å²) in [4.78, 5) is 39.4. The molecule has 3 heterocycles. The third kappa shape index (κ3) is 4.88. The van der Waals surface area contributed by atoms with Gasteiger partial charge in [0.15, 0.2) is 5.76 Å². The Balaban J connectivity index is 1.64. The maximum Gasteiger partial charge on any atom is 0.328 e. The van der Waals surface area contributed by atoms with Crippen LogP contribution in [0.4, 0.5) is 0 Å². The van der Waals surface area contributed by atoms with Gasteiger partial charge in [0.05, 0.1) is 5.52 Å². The second-order valence-corrected chi connectivity index (χ2v) is 10.3. The lowest BCUT2D eigenvalue weighted by atomic mass is 9.88. The molecule has 1 saturated heterocycles. The first-order valence-corrected chi connectivity index (χ1v) is 13.2. The van der Waals surface area contributed by atoms with Crippen molar-refractivity contribution in [2.45, 2.75) is 39.5 Å². The molecule has 0 aliphatic carbocycles. The highest BCUT2D eigenvalue weighted by atomic mass is 16.5. The fraction of sp³-hybridized carbons (Fsp3) is 0.250. The fourth-order valence-electron chi connectivity index (χ4n) is 5.80. The quantitative estimate of drug-likeness (QED) is 0.307. The van der Waals surface area contributed by atoms with Crippen LogP contribution in [0.3, 0.4) is 0 Å². The van der Waals surface area contributed by atoms with Crippen molar-refractivity contribution in [2.24, 2.45) is 0 Å². The molecule has 0 saturated carbocycles. The van der Waals surface area contributed by atoms with Gasteiger partial charge >= 0.3 is 5.97 Å². The minimum Gasteiger partial charge on any atom is -0.478 e. The van der Waals surface area contributed by atoms with Gasteiger partial charge in [0, 0.05) is 42.2 Å². The third-order valence-corrected chi connectivity index (χ3v) is 7.59. The van der Waals surface area contributed by atoms with Crippen molar-refractivity contribution in [3.8, 4) is 11.3 Å². The zero-order chi connectivity index (χ0) is 28.6. The summed E-state index contributed by atoms with van der Waals surface area (Å²) < 4.78 is 7.56. The van der Waals surface area contributed by atoms with E-state index in [0.29, 0.717) is 54.0 Å². The van der Waals surface area contributed by atoms with Crippen molar-refractivity contribution >= 4 is 34.8 Å². The number of hydrogen-bond donors (Lipinski definition) is 1. The van der Waals surface area contributed by atoms with Crippen molar-refractivity contribution in [1.29, 1.82) is 0 Å². The molecule has 0 bridgehead atoms. The van der Waals surface area contributed by atoms with Gasteiger partial charge in [-0.25, -0.2) is 4.79 Å². The highest BCUT2D eigenvalue weighted by Crippen LogP contribution is 2.39. The Labute approximate surface area is 232 Å². The van der Waals surface area contributed by atoms with Crippen LogP contribution in [0, 0.1) is 20.8 Å².